The molecule has 0 aliphatic carbocycles. The molecular formula is C19H21N3O5S. The number of thiocarbonyl (C=S) groups is 1. The minimum absolute atomic E-state index is 0.163. The van der Waals surface area contributed by atoms with Gasteiger partial charge in [-0.25, -0.2) is 0 Å². The summed E-state index contributed by atoms with van der Waals surface area (Å²) in [7, 11) is 1.57. The minimum Gasteiger partial charge on any atom is -0.493 e. The number of rotatable bonds is 7. The van der Waals surface area contributed by atoms with E-state index in [0.717, 1.165) is 11.3 Å². The van der Waals surface area contributed by atoms with E-state index in [4.69, 9.17) is 31.2 Å². The zero-order valence-corrected chi connectivity index (χ0v) is 16.1. The third-order valence-electron chi connectivity index (χ3n) is 3.86. The molecule has 0 fully saturated rings. The fourth-order valence-corrected chi connectivity index (χ4v) is 2.58. The van der Waals surface area contributed by atoms with Crippen LogP contribution in [0, 0.1) is 0 Å². The van der Waals surface area contributed by atoms with Crippen LogP contribution in [0.5, 0.6) is 23.0 Å². The second-order valence-corrected chi connectivity index (χ2v) is 6.20. The summed E-state index contributed by atoms with van der Waals surface area (Å²) in [5.74, 6) is 2.40. The van der Waals surface area contributed by atoms with Crippen molar-refractivity contribution in [2.45, 2.75) is 13.0 Å². The lowest BCUT2D eigenvalue weighted by Crippen LogP contribution is -2.46. The number of methoxy groups -OCH3 is 1. The fraction of sp³-hybridized carbons (Fsp3) is 0.263. The molecule has 0 unspecified atom stereocenters. The summed E-state index contributed by atoms with van der Waals surface area (Å²) in [5, 5.41) is 3.31. The van der Waals surface area contributed by atoms with Gasteiger partial charge in [0.15, 0.2) is 28.1 Å². The molecule has 0 atom stereocenters. The predicted molar refractivity (Wildman–Crippen MR) is 106 cm³/mol. The Bertz CT molecular complexity index is 846. The molecule has 9 heteroatoms. The van der Waals surface area contributed by atoms with E-state index in [1.807, 2.05) is 30.3 Å². The largest absolute Gasteiger partial charge is 0.493 e. The summed E-state index contributed by atoms with van der Waals surface area (Å²) in [4.78, 5) is 11.9. The van der Waals surface area contributed by atoms with Crippen molar-refractivity contribution in [2.75, 3.05) is 20.5 Å². The van der Waals surface area contributed by atoms with Gasteiger partial charge in [0.25, 0.3) is 0 Å². The van der Waals surface area contributed by atoms with Gasteiger partial charge in [-0.1, -0.05) is 18.2 Å². The van der Waals surface area contributed by atoms with Crippen LogP contribution in [0.2, 0.25) is 0 Å². The summed E-state index contributed by atoms with van der Waals surface area (Å²) in [6, 6.07) is 12.9. The number of hydrazine groups is 1. The van der Waals surface area contributed by atoms with Crippen molar-refractivity contribution in [3.05, 3.63) is 48.0 Å². The van der Waals surface area contributed by atoms with E-state index in [9.17, 15) is 4.79 Å². The number of para-hydroxylation sites is 2. The summed E-state index contributed by atoms with van der Waals surface area (Å²) in [6.07, 6.45) is 0.163. The van der Waals surface area contributed by atoms with Crippen LogP contribution in [0.15, 0.2) is 42.5 Å². The molecule has 1 amide bonds. The number of ether oxygens (including phenoxy) is 4. The SMILES string of the molecule is COc1ccccc1OCCC(=O)NNC(=S)NCc1ccc2c(c1)OCO2. The van der Waals surface area contributed by atoms with Crippen LogP contribution in [0.4, 0.5) is 0 Å². The Kier molecular flexibility index (Phi) is 6.74. The van der Waals surface area contributed by atoms with Gasteiger partial charge in [-0.3, -0.25) is 15.6 Å². The molecule has 0 radical (unpaired) electrons. The first-order chi connectivity index (χ1) is 13.7. The number of fused-ring (bicyclic) bond motifs is 1. The molecule has 8 nitrogen and oxygen atoms in total. The van der Waals surface area contributed by atoms with Crippen molar-refractivity contribution in [1.29, 1.82) is 0 Å². The normalized spacial score (nSPS) is 11.5. The molecule has 0 saturated carbocycles. The van der Waals surface area contributed by atoms with Gasteiger partial charge < -0.3 is 24.3 Å². The van der Waals surface area contributed by atoms with Crippen molar-refractivity contribution in [3.8, 4) is 23.0 Å². The van der Waals surface area contributed by atoms with E-state index in [0.29, 0.717) is 28.9 Å². The molecule has 28 heavy (non-hydrogen) atoms. The summed E-state index contributed by atoms with van der Waals surface area (Å²) >= 11 is 5.15. The van der Waals surface area contributed by atoms with Gasteiger partial charge >= 0.3 is 0 Å². The number of nitrogens with one attached hydrogen (secondary N) is 3. The molecular weight excluding hydrogens is 382 g/mol. The number of amides is 1. The van der Waals surface area contributed by atoms with Crippen LogP contribution in [0.3, 0.4) is 0 Å². The average molecular weight is 403 g/mol. The van der Waals surface area contributed by atoms with Crippen LogP contribution >= 0.6 is 12.2 Å². The Morgan fingerprint density at radius 1 is 1.11 bits per heavy atom. The first-order valence-electron chi connectivity index (χ1n) is 8.63. The highest BCUT2D eigenvalue weighted by molar-refractivity contribution is 7.80. The lowest BCUT2D eigenvalue weighted by atomic mass is 10.2. The summed E-state index contributed by atoms with van der Waals surface area (Å²) < 4.78 is 21.4. The quantitative estimate of drug-likeness (QED) is 0.477. The number of carbonyl (C=O) groups is 1. The van der Waals surface area contributed by atoms with Crippen LogP contribution in [0.1, 0.15) is 12.0 Å². The fourth-order valence-electron chi connectivity index (χ4n) is 2.46. The number of benzene rings is 2. The smallest absolute Gasteiger partial charge is 0.241 e. The molecule has 1 aliphatic heterocycles. The maximum absolute atomic E-state index is 11.9. The molecule has 2 aromatic rings. The molecule has 0 bridgehead atoms. The first kappa shape index (κ1) is 19.6. The molecule has 2 aromatic carbocycles. The second-order valence-electron chi connectivity index (χ2n) is 5.79. The van der Waals surface area contributed by atoms with E-state index >= 15 is 0 Å². The van der Waals surface area contributed by atoms with E-state index in [1.54, 1.807) is 19.2 Å². The maximum Gasteiger partial charge on any atom is 0.241 e. The Labute approximate surface area is 168 Å². The van der Waals surface area contributed by atoms with Crippen molar-refractivity contribution in [2.24, 2.45) is 0 Å². The van der Waals surface area contributed by atoms with Crippen molar-refractivity contribution < 1.29 is 23.7 Å². The van der Waals surface area contributed by atoms with Crippen molar-refractivity contribution >= 4 is 23.2 Å². The Morgan fingerprint density at radius 2 is 1.89 bits per heavy atom. The van der Waals surface area contributed by atoms with Gasteiger partial charge in [0.2, 0.25) is 12.7 Å². The summed E-state index contributed by atoms with van der Waals surface area (Å²) in [6.45, 7) is 0.930. The average Bonchev–Trinajstić information content (AvgIpc) is 3.19. The zero-order chi connectivity index (χ0) is 19.8. The highest BCUT2D eigenvalue weighted by Crippen LogP contribution is 2.32. The highest BCUT2D eigenvalue weighted by Gasteiger charge is 2.13. The topological polar surface area (TPSA) is 90.1 Å². The second kappa shape index (κ2) is 9.65. The van der Waals surface area contributed by atoms with Crippen molar-refractivity contribution in [1.82, 2.24) is 16.2 Å². The number of hydrogen-bond acceptors (Lipinski definition) is 6. The Hall–Kier alpha value is -3.20. The number of carbonyl (C=O) groups excluding carboxylic acids is 1. The molecule has 1 aliphatic rings. The lowest BCUT2D eigenvalue weighted by molar-refractivity contribution is -0.122. The minimum atomic E-state index is -0.248. The van der Waals surface area contributed by atoms with Crippen LogP contribution in [0.25, 0.3) is 0 Å². The zero-order valence-electron chi connectivity index (χ0n) is 15.3. The lowest BCUT2D eigenvalue weighted by Gasteiger charge is -2.13. The third kappa shape index (κ3) is 5.40. The van der Waals surface area contributed by atoms with Gasteiger partial charge in [0.1, 0.15) is 0 Å². The van der Waals surface area contributed by atoms with E-state index in [2.05, 4.69) is 16.2 Å². The van der Waals surface area contributed by atoms with E-state index < -0.39 is 0 Å². The standard InChI is InChI=1S/C19H21N3O5S/c1-24-14-4-2-3-5-15(14)25-9-8-18(23)21-22-19(28)20-11-13-6-7-16-17(10-13)27-12-26-16/h2-7,10H,8-9,11-12H2,1H3,(H,21,23)(H2,20,22,28). The van der Waals surface area contributed by atoms with Gasteiger partial charge in [-0.05, 0) is 42.0 Å². The Balaban J connectivity index is 1.33. The van der Waals surface area contributed by atoms with Gasteiger partial charge in [-0.15, -0.1) is 0 Å². The van der Waals surface area contributed by atoms with Crippen LogP contribution < -0.4 is 35.1 Å². The monoisotopic (exact) mass is 403 g/mol. The van der Waals surface area contributed by atoms with Gasteiger partial charge in [0, 0.05) is 6.54 Å². The molecule has 0 aromatic heterocycles. The molecule has 1 heterocycles. The van der Waals surface area contributed by atoms with Crippen molar-refractivity contribution in [3.63, 3.8) is 0 Å². The predicted octanol–water partition coefficient (Wildman–Crippen LogP) is 1.89. The molecule has 148 valence electrons. The molecule has 3 N–H and O–H groups in total. The van der Waals surface area contributed by atoms with Crippen LogP contribution in [-0.2, 0) is 11.3 Å². The molecule has 0 saturated heterocycles. The molecule has 0 spiro atoms. The van der Waals surface area contributed by atoms with E-state index in [-0.39, 0.29) is 25.7 Å². The number of hydrogen-bond donors (Lipinski definition) is 3. The first-order valence-corrected chi connectivity index (χ1v) is 9.03. The van der Waals surface area contributed by atoms with Gasteiger partial charge in [-0.2, -0.15) is 0 Å². The van der Waals surface area contributed by atoms with Crippen LogP contribution in [-0.4, -0.2) is 31.5 Å². The van der Waals surface area contributed by atoms with Gasteiger partial charge in [0.05, 0.1) is 20.1 Å². The summed E-state index contributed by atoms with van der Waals surface area (Å²) in [5.41, 5.74) is 6.16. The Morgan fingerprint density at radius 3 is 2.71 bits per heavy atom. The van der Waals surface area contributed by atoms with E-state index in [1.165, 1.54) is 0 Å². The maximum atomic E-state index is 11.9. The third-order valence-corrected chi connectivity index (χ3v) is 4.11. The highest BCUT2D eigenvalue weighted by atomic mass is 32.1. The molecule has 3 rings (SSSR count).